The van der Waals surface area contributed by atoms with E-state index in [0.29, 0.717) is 0 Å². The van der Waals surface area contributed by atoms with E-state index in [1.165, 1.54) is 44.3 Å². The summed E-state index contributed by atoms with van der Waals surface area (Å²) >= 11 is 0. The van der Waals surface area contributed by atoms with Gasteiger partial charge in [-0.05, 0) is 75.7 Å². The van der Waals surface area contributed by atoms with E-state index in [-0.39, 0.29) is 5.41 Å². The number of hydrogen-bond acceptors (Lipinski definition) is 3. The minimum Gasteiger partial charge on any atom is -0.301 e. The molecule has 1 aliphatic heterocycles. The van der Waals surface area contributed by atoms with Crippen LogP contribution in [0.3, 0.4) is 0 Å². The van der Waals surface area contributed by atoms with Gasteiger partial charge in [-0.15, -0.1) is 0 Å². The van der Waals surface area contributed by atoms with E-state index in [4.69, 9.17) is 4.98 Å². The smallest absolute Gasteiger partial charge is 0.137 e. The van der Waals surface area contributed by atoms with Crippen molar-refractivity contribution in [2.24, 2.45) is 0 Å². The highest BCUT2D eigenvalue weighted by Gasteiger charge is 2.37. The first-order valence-electron chi connectivity index (χ1n) is 11.7. The van der Waals surface area contributed by atoms with Crippen LogP contribution in [0.5, 0.6) is 0 Å². The van der Waals surface area contributed by atoms with Crippen LogP contribution in [0.15, 0.2) is 97.5 Å². The SMILES string of the molecule is CC1(C)c2ccccc2-c2cc3c4c(cccc4c21)N(c1ccc(-c2ccccn2)cn1)C=C3. The summed E-state index contributed by atoms with van der Waals surface area (Å²) in [4.78, 5) is 11.4. The van der Waals surface area contributed by atoms with Gasteiger partial charge in [0.1, 0.15) is 5.82 Å². The van der Waals surface area contributed by atoms with Crippen molar-refractivity contribution in [2.75, 3.05) is 4.90 Å². The van der Waals surface area contributed by atoms with E-state index in [9.17, 15) is 0 Å². The second kappa shape index (κ2) is 6.88. The molecule has 0 N–H and O–H groups in total. The fraction of sp³-hybridized carbons (Fsp3) is 0.0968. The van der Waals surface area contributed by atoms with Gasteiger partial charge in [0, 0.05) is 35.0 Å². The Labute approximate surface area is 199 Å². The molecule has 7 rings (SSSR count). The fourth-order valence-corrected chi connectivity index (χ4v) is 5.76. The molecular weight excluding hydrogens is 414 g/mol. The van der Waals surface area contributed by atoms with Crippen molar-refractivity contribution in [3.05, 3.63) is 114 Å². The summed E-state index contributed by atoms with van der Waals surface area (Å²) in [6, 6.07) is 28.0. The summed E-state index contributed by atoms with van der Waals surface area (Å²) in [6.45, 7) is 4.70. The first-order chi connectivity index (χ1) is 16.6. The van der Waals surface area contributed by atoms with Crippen molar-refractivity contribution < 1.29 is 0 Å². The Hall–Kier alpha value is -4.24. The quantitative estimate of drug-likeness (QED) is 0.283. The second-order valence-electron chi connectivity index (χ2n) is 9.56. The summed E-state index contributed by atoms with van der Waals surface area (Å²) < 4.78 is 0. The normalized spacial score (nSPS) is 14.8. The van der Waals surface area contributed by atoms with E-state index in [1.807, 2.05) is 30.6 Å². The molecule has 0 spiro atoms. The third-order valence-corrected chi connectivity index (χ3v) is 7.30. The van der Waals surface area contributed by atoms with Gasteiger partial charge in [-0.3, -0.25) is 4.98 Å². The van der Waals surface area contributed by atoms with Gasteiger partial charge in [-0.25, -0.2) is 4.98 Å². The lowest BCUT2D eigenvalue weighted by Gasteiger charge is -2.29. The number of anilines is 2. The van der Waals surface area contributed by atoms with Crippen LogP contribution in [-0.4, -0.2) is 9.97 Å². The van der Waals surface area contributed by atoms with Crippen LogP contribution in [0, 0.1) is 0 Å². The summed E-state index contributed by atoms with van der Waals surface area (Å²) in [5.74, 6) is 0.900. The van der Waals surface area contributed by atoms with Crippen LogP contribution >= 0.6 is 0 Å². The Kier molecular flexibility index (Phi) is 3.89. The van der Waals surface area contributed by atoms with E-state index in [1.54, 1.807) is 0 Å². The Balaban J connectivity index is 1.39. The van der Waals surface area contributed by atoms with Crippen LogP contribution in [0.1, 0.15) is 30.5 Å². The molecule has 162 valence electrons. The van der Waals surface area contributed by atoms with Crippen LogP contribution in [0.2, 0.25) is 0 Å². The number of aromatic nitrogens is 2. The standard InChI is InChI=1S/C31H23N3/c1-31(2)25-10-4-3-8-22(25)24-18-20-15-17-34(27-12-7-9-23(29(20)27)30(24)31)28-14-13-21(19-33-28)26-11-5-6-16-32-26/h3-19H,1-2H3. The maximum absolute atomic E-state index is 4.81. The van der Waals surface area contributed by atoms with E-state index in [0.717, 1.165) is 17.1 Å². The van der Waals surface area contributed by atoms with Crippen molar-refractivity contribution >= 4 is 28.4 Å². The molecule has 0 unspecified atom stereocenters. The molecule has 0 atom stereocenters. The zero-order valence-electron chi connectivity index (χ0n) is 19.2. The summed E-state index contributed by atoms with van der Waals surface area (Å²) in [7, 11) is 0. The van der Waals surface area contributed by atoms with Gasteiger partial charge in [0.15, 0.2) is 0 Å². The Morgan fingerprint density at radius 1 is 0.794 bits per heavy atom. The highest BCUT2D eigenvalue weighted by atomic mass is 15.2. The molecule has 3 heterocycles. The van der Waals surface area contributed by atoms with Crippen LogP contribution < -0.4 is 4.90 Å². The highest BCUT2D eigenvalue weighted by Crippen LogP contribution is 2.53. The molecule has 5 aromatic rings. The maximum Gasteiger partial charge on any atom is 0.137 e. The molecule has 0 saturated heterocycles. The summed E-state index contributed by atoms with van der Waals surface area (Å²) in [6.07, 6.45) is 8.08. The topological polar surface area (TPSA) is 29.0 Å². The zero-order chi connectivity index (χ0) is 22.9. The molecule has 0 radical (unpaired) electrons. The molecule has 3 aromatic carbocycles. The molecule has 0 bridgehead atoms. The van der Waals surface area contributed by atoms with Crippen LogP contribution in [0.4, 0.5) is 11.5 Å². The van der Waals surface area contributed by atoms with Gasteiger partial charge in [0.2, 0.25) is 0 Å². The number of benzene rings is 3. The average Bonchev–Trinajstić information content (AvgIpc) is 3.12. The molecule has 3 heteroatoms. The Morgan fingerprint density at radius 3 is 2.50 bits per heavy atom. The van der Waals surface area contributed by atoms with E-state index >= 15 is 0 Å². The van der Waals surface area contributed by atoms with Gasteiger partial charge >= 0.3 is 0 Å². The lowest BCUT2D eigenvalue weighted by atomic mass is 9.79. The summed E-state index contributed by atoms with van der Waals surface area (Å²) in [5, 5.41) is 2.62. The second-order valence-corrected chi connectivity index (χ2v) is 9.56. The molecule has 34 heavy (non-hydrogen) atoms. The van der Waals surface area contributed by atoms with Gasteiger partial charge in [0.25, 0.3) is 0 Å². The number of rotatable bonds is 2. The molecule has 2 aliphatic rings. The molecular formula is C31H23N3. The van der Waals surface area contributed by atoms with E-state index in [2.05, 4.69) is 96.7 Å². The van der Waals surface area contributed by atoms with Gasteiger partial charge in [-0.2, -0.15) is 0 Å². The predicted molar refractivity (Wildman–Crippen MR) is 140 cm³/mol. The summed E-state index contributed by atoms with van der Waals surface area (Å²) in [5.41, 5.74) is 9.87. The van der Waals surface area contributed by atoms with Crippen molar-refractivity contribution in [3.8, 4) is 22.4 Å². The number of pyridine rings is 2. The Morgan fingerprint density at radius 2 is 1.68 bits per heavy atom. The van der Waals surface area contributed by atoms with E-state index < -0.39 is 0 Å². The largest absolute Gasteiger partial charge is 0.301 e. The first-order valence-corrected chi connectivity index (χ1v) is 11.7. The Bertz CT molecular complexity index is 1610. The third-order valence-electron chi connectivity index (χ3n) is 7.30. The van der Waals surface area contributed by atoms with Crippen molar-refractivity contribution in [1.29, 1.82) is 0 Å². The highest BCUT2D eigenvalue weighted by molar-refractivity contribution is 6.10. The molecule has 0 amide bonds. The molecule has 2 aromatic heterocycles. The molecule has 0 fully saturated rings. The van der Waals surface area contributed by atoms with Gasteiger partial charge in [0.05, 0.1) is 11.4 Å². The monoisotopic (exact) mass is 437 g/mol. The fourth-order valence-electron chi connectivity index (χ4n) is 5.76. The molecule has 1 aliphatic carbocycles. The van der Waals surface area contributed by atoms with Gasteiger partial charge in [-0.1, -0.05) is 56.3 Å². The molecule has 3 nitrogen and oxygen atoms in total. The lowest BCUT2D eigenvalue weighted by molar-refractivity contribution is 0.666. The number of hydrogen-bond donors (Lipinski definition) is 0. The van der Waals surface area contributed by atoms with Crippen molar-refractivity contribution in [3.63, 3.8) is 0 Å². The maximum atomic E-state index is 4.81. The van der Waals surface area contributed by atoms with Crippen molar-refractivity contribution in [2.45, 2.75) is 19.3 Å². The van der Waals surface area contributed by atoms with Crippen molar-refractivity contribution in [1.82, 2.24) is 9.97 Å². The number of nitrogens with zero attached hydrogens (tertiary/aromatic N) is 3. The molecule has 0 saturated carbocycles. The minimum absolute atomic E-state index is 0.0440. The first kappa shape index (κ1) is 19.2. The third kappa shape index (κ3) is 2.58. The van der Waals surface area contributed by atoms with Crippen LogP contribution in [-0.2, 0) is 5.41 Å². The lowest BCUT2D eigenvalue weighted by Crippen LogP contribution is -2.17. The zero-order valence-corrected chi connectivity index (χ0v) is 19.2. The minimum atomic E-state index is -0.0440. The predicted octanol–water partition coefficient (Wildman–Crippen LogP) is 7.73. The van der Waals surface area contributed by atoms with Crippen LogP contribution in [0.25, 0.3) is 39.2 Å². The van der Waals surface area contributed by atoms with Gasteiger partial charge < -0.3 is 4.90 Å². The average molecular weight is 438 g/mol. The number of fused-ring (bicyclic) bond motifs is 4.